The number of halogens is 1. The first-order valence-electron chi connectivity index (χ1n) is 7.39. The SMILES string of the molecule is C=Cc1cnc(O[C@H]2C[C@@H](S(=O)(=O)CC)C2)c2cnc(Cl)cc12. The summed E-state index contributed by atoms with van der Waals surface area (Å²) in [7, 11) is -2.99. The van der Waals surface area contributed by atoms with E-state index in [9.17, 15) is 8.42 Å². The Balaban J connectivity index is 1.84. The minimum absolute atomic E-state index is 0.137. The van der Waals surface area contributed by atoms with Crippen LogP contribution in [0.2, 0.25) is 5.15 Å². The Morgan fingerprint density at radius 3 is 2.74 bits per heavy atom. The molecular formula is C16H17ClN2O3S. The molecule has 0 atom stereocenters. The number of fused-ring (bicyclic) bond motifs is 1. The van der Waals surface area contributed by atoms with Gasteiger partial charge in [0, 0.05) is 41.9 Å². The van der Waals surface area contributed by atoms with Gasteiger partial charge in [-0.25, -0.2) is 18.4 Å². The van der Waals surface area contributed by atoms with Gasteiger partial charge in [-0.1, -0.05) is 31.2 Å². The van der Waals surface area contributed by atoms with E-state index >= 15 is 0 Å². The molecule has 0 unspecified atom stereocenters. The fraction of sp³-hybridized carbons (Fsp3) is 0.375. The van der Waals surface area contributed by atoms with Gasteiger partial charge in [0.2, 0.25) is 5.88 Å². The van der Waals surface area contributed by atoms with Crippen molar-refractivity contribution in [3.63, 3.8) is 0 Å². The van der Waals surface area contributed by atoms with Crippen molar-refractivity contribution in [1.29, 1.82) is 0 Å². The summed E-state index contributed by atoms with van der Waals surface area (Å²) in [6, 6.07) is 1.74. The molecule has 0 aromatic carbocycles. The number of nitrogens with zero attached hydrogens (tertiary/aromatic N) is 2. The molecule has 2 aromatic rings. The molecule has 23 heavy (non-hydrogen) atoms. The van der Waals surface area contributed by atoms with Crippen LogP contribution in [0, 0.1) is 0 Å². The number of hydrogen-bond donors (Lipinski definition) is 0. The molecule has 0 amide bonds. The van der Waals surface area contributed by atoms with Gasteiger partial charge in [-0.3, -0.25) is 0 Å². The lowest BCUT2D eigenvalue weighted by Gasteiger charge is -2.34. The van der Waals surface area contributed by atoms with Crippen LogP contribution >= 0.6 is 11.6 Å². The van der Waals surface area contributed by atoms with Gasteiger partial charge in [0.05, 0.1) is 10.6 Å². The quantitative estimate of drug-likeness (QED) is 0.772. The van der Waals surface area contributed by atoms with E-state index in [4.69, 9.17) is 16.3 Å². The lowest BCUT2D eigenvalue weighted by molar-refractivity contribution is 0.119. The van der Waals surface area contributed by atoms with Gasteiger partial charge < -0.3 is 4.74 Å². The molecule has 3 rings (SSSR count). The molecular weight excluding hydrogens is 336 g/mol. The first-order valence-corrected chi connectivity index (χ1v) is 9.49. The van der Waals surface area contributed by atoms with Crippen LogP contribution < -0.4 is 4.74 Å². The summed E-state index contributed by atoms with van der Waals surface area (Å²) in [5, 5.41) is 1.69. The van der Waals surface area contributed by atoms with E-state index in [2.05, 4.69) is 16.5 Å². The third kappa shape index (κ3) is 3.05. The fourth-order valence-corrected chi connectivity index (χ4v) is 4.31. The van der Waals surface area contributed by atoms with Gasteiger partial charge in [0.1, 0.15) is 11.3 Å². The molecule has 0 saturated heterocycles. The maximum Gasteiger partial charge on any atom is 0.223 e. The monoisotopic (exact) mass is 352 g/mol. The van der Waals surface area contributed by atoms with E-state index in [-0.39, 0.29) is 17.1 Å². The van der Waals surface area contributed by atoms with Gasteiger partial charge in [-0.15, -0.1) is 0 Å². The van der Waals surface area contributed by atoms with Gasteiger partial charge >= 0.3 is 0 Å². The summed E-state index contributed by atoms with van der Waals surface area (Å²) in [5.74, 6) is 0.620. The van der Waals surface area contributed by atoms with Crippen molar-refractivity contribution in [3.05, 3.63) is 35.8 Å². The third-order valence-corrected chi connectivity index (χ3v) is 6.60. The molecule has 7 heteroatoms. The molecule has 2 heterocycles. The van der Waals surface area contributed by atoms with Gasteiger partial charge in [-0.2, -0.15) is 0 Å². The van der Waals surface area contributed by atoms with Crippen LogP contribution in [-0.4, -0.2) is 35.5 Å². The van der Waals surface area contributed by atoms with Crippen molar-refractivity contribution in [2.24, 2.45) is 0 Å². The predicted molar refractivity (Wildman–Crippen MR) is 91.5 cm³/mol. The zero-order chi connectivity index (χ0) is 16.6. The van der Waals surface area contributed by atoms with Crippen molar-refractivity contribution < 1.29 is 13.2 Å². The van der Waals surface area contributed by atoms with Gasteiger partial charge in [0.15, 0.2) is 9.84 Å². The zero-order valence-corrected chi connectivity index (χ0v) is 14.3. The van der Waals surface area contributed by atoms with Crippen molar-refractivity contribution >= 4 is 38.3 Å². The minimum Gasteiger partial charge on any atom is -0.474 e. The number of pyridine rings is 2. The van der Waals surface area contributed by atoms with Crippen LogP contribution in [0.15, 0.2) is 25.0 Å². The molecule has 1 saturated carbocycles. The highest BCUT2D eigenvalue weighted by molar-refractivity contribution is 7.92. The first-order chi connectivity index (χ1) is 10.9. The summed E-state index contributed by atoms with van der Waals surface area (Å²) >= 11 is 5.96. The summed E-state index contributed by atoms with van der Waals surface area (Å²) in [5.41, 5.74) is 0.844. The largest absolute Gasteiger partial charge is 0.474 e. The second-order valence-electron chi connectivity index (χ2n) is 5.56. The number of aromatic nitrogens is 2. The molecule has 1 fully saturated rings. The van der Waals surface area contributed by atoms with Crippen molar-refractivity contribution in [2.75, 3.05) is 5.75 Å². The van der Waals surface area contributed by atoms with E-state index in [1.165, 1.54) is 0 Å². The molecule has 1 aliphatic rings. The summed E-state index contributed by atoms with van der Waals surface area (Å²) in [6.07, 6.45) is 5.85. The van der Waals surface area contributed by atoms with E-state index in [1.54, 1.807) is 31.5 Å². The molecule has 0 aliphatic heterocycles. The Kier molecular flexibility index (Phi) is 4.29. The van der Waals surface area contributed by atoms with Crippen LogP contribution in [0.1, 0.15) is 25.3 Å². The average molecular weight is 353 g/mol. The number of hydrogen-bond acceptors (Lipinski definition) is 5. The second-order valence-corrected chi connectivity index (χ2v) is 8.52. The van der Waals surface area contributed by atoms with Crippen molar-refractivity contribution in [1.82, 2.24) is 9.97 Å². The topological polar surface area (TPSA) is 69.2 Å². The number of sulfone groups is 1. The summed E-state index contributed by atoms with van der Waals surface area (Å²) in [6.45, 7) is 5.43. The highest BCUT2D eigenvalue weighted by Gasteiger charge is 2.39. The second kappa shape index (κ2) is 6.09. The molecule has 5 nitrogen and oxygen atoms in total. The number of ether oxygens (including phenoxy) is 1. The van der Waals surface area contributed by atoms with Crippen LogP contribution in [-0.2, 0) is 9.84 Å². The Labute approximate surface area is 140 Å². The fourth-order valence-electron chi connectivity index (χ4n) is 2.66. The van der Waals surface area contributed by atoms with Crippen LogP contribution in [0.3, 0.4) is 0 Å². The maximum atomic E-state index is 11.8. The van der Waals surface area contributed by atoms with Gasteiger partial charge in [-0.05, 0) is 6.07 Å². The van der Waals surface area contributed by atoms with E-state index in [0.29, 0.717) is 23.9 Å². The molecule has 0 spiro atoms. The van der Waals surface area contributed by atoms with Crippen LogP contribution in [0.5, 0.6) is 5.88 Å². The Morgan fingerprint density at radius 1 is 1.35 bits per heavy atom. The standard InChI is InChI=1S/C16H17ClN2O3S/c1-3-10-8-19-16(14-9-18-15(17)7-13(10)14)22-11-5-12(6-11)23(20,21)4-2/h3,7-9,11-12H,1,4-6H2,2H3/t11-,12+. The summed E-state index contributed by atoms with van der Waals surface area (Å²) < 4.78 is 29.5. The minimum atomic E-state index is -2.99. The lowest BCUT2D eigenvalue weighted by Crippen LogP contribution is -2.43. The Hall–Kier alpha value is -1.66. The number of rotatable bonds is 5. The molecule has 0 N–H and O–H groups in total. The zero-order valence-electron chi connectivity index (χ0n) is 12.7. The highest BCUT2D eigenvalue weighted by atomic mass is 35.5. The summed E-state index contributed by atoms with van der Waals surface area (Å²) in [4.78, 5) is 8.39. The van der Waals surface area contributed by atoms with Gasteiger partial charge in [0.25, 0.3) is 0 Å². The first kappa shape index (κ1) is 16.2. The van der Waals surface area contributed by atoms with Crippen LogP contribution in [0.4, 0.5) is 0 Å². The lowest BCUT2D eigenvalue weighted by atomic mass is 9.95. The maximum absolute atomic E-state index is 11.8. The van der Waals surface area contributed by atoms with Crippen molar-refractivity contribution in [2.45, 2.75) is 31.1 Å². The van der Waals surface area contributed by atoms with Crippen LogP contribution in [0.25, 0.3) is 16.8 Å². The Bertz CT molecular complexity index is 861. The molecule has 122 valence electrons. The molecule has 0 radical (unpaired) electrons. The highest BCUT2D eigenvalue weighted by Crippen LogP contribution is 2.34. The van der Waals surface area contributed by atoms with E-state index in [0.717, 1.165) is 16.3 Å². The van der Waals surface area contributed by atoms with E-state index in [1.807, 2.05) is 0 Å². The van der Waals surface area contributed by atoms with Crippen molar-refractivity contribution in [3.8, 4) is 5.88 Å². The smallest absolute Gasteiger partial charge is 0.223 e. The van der Waals surface area contributed by atoms with E-state index < -0.39 is 9.84 Å². The third-order valence-electron chi connectivity index (χ3n) is 4.19. The molecule has 0 bridgehead atoms. The molecule has 1 aliphatic carbocycles. The Morgan fingerprint density at radius 2 is 2.09 bits per heavy atom. The molecule has 2 aromatic heterocycles. The normalized spacial score (nSPS) is 21.0. The predicted octanol–water partition coefficient (Wildman–Crippen LogP) is 3.27. The average Bonchev–Trinajstić information content (AvgIpc) is 2.49.